The maximum Gasteiger partial charge on any atom is 0.235 e. The van der Waals surface area contributed by atoms with Crippen molar-refractivity contribution in [2.45, 2.75) is 23.9 Å². The van der Waals surface area contributed by atoms with Crippen LogP contribution in [0.25, 0.3) is 15.5 Å². The zero-order chi connectivity index (χ0) is 17.2. The molecular weight excluding hydrogens is 376 g/mol. The molecule has 4 aromatic rings. The Morgan fingerprint density at radius 3 is 2.80 bits per heavy atom. The van der Waals surface area contributed by atoms with Gasteiger partial charge < -0.3 is 4.74 Å². The molecule has 0 aliphatic rings. The Morgan fingerprint density at radius 2 is 2.00 bits per heavy atom. The van der Waals surface area contributed by atoms with Gasteiger partial charge in [0.05, 0.1) is 17.9 Å². The number of fused-ring (bicyclic) bond motifs is 1. The molecular formula is C15H14N6OS3. The fraction of sp³-hybridized carbons (Fsp3) is 0.267. The van der Waals surface area contributed by atoms with Crippen molar-refractivity contribution >= 4 is 39.4 Å². The zero-order valence-electron chi connectivity index (χ0n) is 13.5. The standard InChI is InChI=1S/C15H14N6OS3/c1-3-22-11-7-5-4-6-10(11)13-20-21-12(17-18-14(21)25-13)8-23-15-19-16-9(2)24-15/h4-7H,3,8H2,1-2H3. The third kappa shape index (κ3) is 3.37. The number of thioether (sulfide) groups is 1. The minimum absolute atomic E-state index is 0.615. The van der Waals surface area contributed by atoms with Crippen molar-refractivity contribution in [3.05, 3.63) is 35.1 Å². The largest absolute Gasteiger partial charge is 0.493 e. The smallest absolute Gasteiger partial charge is 0.235 e. The molecule has 0 bridgehead atoms. The van der Waals surface area contributed by atoms with Crippen LogP contribution in [0.5, 0.6) is 5.75 Å². The first-order chi connectivity index (χ1) is 12.2. The van der Waals surface area contributed by atoms with Crippen LogP contribution in [0, 0.1) is 6.92 Å². The minimum Gasteiger partial charge on any atom is -0.493 e. The summed E-state index contributed by atoms with van der Waals surface area (Å²) in [5, 5.41) is 23.1. The monoisotopic (exact) mass is 390 g/mol. The van der Waals surface area contributed by atoms with Crippen molar-refractivity contribution in [3.63, 3.8) is 0 Å². The van der Waals surface area contributed by atoms with Gasteiger partial charge in [-0.15, -0.1) is 20.4 Å². The number of ether oxygens (including phenoxy) is 1. The molecule has 0 amide bonds. The highest BCUT2D eigenvalue weighted by molar-refractivity contribution is 8.00. The molecule has 3 heterocycles. The highest BCUT2D eigenvalue weighted by atomic mass is 32.2. The van der Waals surface area contributed by atoms with Gasteiger partial charge in [0.2, 0.25) is 4.96 Å². The number of hydrogen-bond donors (Lipinski definition) is 0. The van der Waals surface area contributed by atoms with Gasteiger partial charge in [0.15, 0.2) is 15.2 Å². The summed E-state index contributed by atoms with van der Waals surface area (Å²) >= 11 is 4.67. The summed E-state index contributed by atoms with van der Waals surface area (Å²) in [7, 11) is 0. The summed E-state index contributed by atoms with van der Waals surface area (Å²) in [6.07, 6.45) is 0. The van der Waals surface area contributed by atoms with Crippen LogP contribution in [-0.2, 0) is 5.75 Å². The average Bonchev–Trinajstić information content (AvgIpc) is 3.30. The van der Waals surface area contributed by atoms with Crippen molar-refractivity contribution in [1.29, 1.82) is 0 Å². The molecule has 0 fully saturated rings. The second kappa shape index (κ2) is 7.06. The van der Waals surface area contributed by atoms with E-state index in [0.717, 1.165) is 36.5 Å². The first-order valence-electron chi connectivity index (χ1n) is 7.61. The van der Waals surface area contributed by atoms with Crippen LogP contribution in [0.4, 0.5) is 0 Å². The molecule has 1 aromatic carbocycles. The molecule has 3 aromatic heterocycles. The maximum atomic E-state index is 5.71. The zero-order valence-corrected chi connectivity index (χ0v) is 16.0. The molecule has 10 heteroatoms. The molecule has 0 unspecified atom stereocenters. The molecule has 0 spiro atoms. The van der Waals surface area contributed by atoms with Gasteiger partial charge in [0.1, 0.15) is 10.8 Å². The Kier molecular flexibility index (Phi) is 4.64. The Labute approximate surface area is 156 Å². The second-order valence-corrected chi connectivity index (χ2v) is 8.38. The summed E-state index contributed by atoms with van der Waals surface area (Å²) in [5.41, 5.74) is 0.971. The fourth-order valence-electron chi connectivity index (χ4n) is 2.24. The minimum atomic E-state index is 0.615. The molecule has 25 heavy (non-hydrogen) atoms. The molecule has 0 saturated carbocycles. The Balaban J connectivity index is 1.62. The van der Waals surface area contributed by atoms with Crippen molar-refractivity contribution in [2.75, 3.05) is 6.61 Å². The van der Waals surface area contributed by atoms with Gasteiger partial charge in [-0.1, -0.05) is 46.6 Å². The maximum absolute atomic E-state index is 5.71. The fourth-order valence-corrected chi connectivity index (χ4v) is 4.85. The lowest BCUT2D eigenvalue weighted by Gasteiger charge is -2.06. The molecule has 0 atom stereocenters. The first kappa shape index (κ1) is 16.4. The van der Waals surface area contributed by atoms with Crippen LogP contribution in [0.2, 0.25) is 0 Å². The van der Waals surface area contributed by atoms with Gasteiger partial charge in [-0.05, 0) is 26.0 Å². The Bertz CT molecular complexity index is 1010. The molecule has 0 N–H and O–H groups in total. The Morgan fingerprint density at radius 1 is 1.12 bits per heavy atom. The highest BCUT2D eigenvalue weighted by Gasteiger charge is 2.16. The third-order valence-electron chi connectivity index (χ3n) is 3.30. The van der Waals surface area contributed by atoms with E-state index in [4.69, 9.17) is 4.74 Å². The average molecular weight is 391 g/mol. The lowest BCUT2D eigenvalue weighted by Crippen LogP contribution is -1.96. The van der Waals surface area contributed by atoms with E-state index in [0.29, 0.717) is 12.4 Å². The lowest BCUT2D eigenvalue weighted by molar-refractivity contribution is 0.341. The predicted octanol–water partition coefficient (Wildman–Crippen LogP) is 3.70. The molecule has 4 rings (SSSR count). The van der Waals surface area contributed by atoms with Crippen LogP contribution >= 0.6 is 34.4 Å². The molecule has 128 valence electrons. The Hall–Kier alpha value is -2.04. The van der Waals surface area contributed by atoms with Crippen LogP contribution in [0.15, 0.2) is 28.6 Å². The molecule has 0 aliphatic carbocycles. The van der Waals surface area contributed by atoms with Crippen LogP contribution in [0.1, 0.15) is 17.8 Å². The SMILES string of the molecule is CCOc1ccccc1-c1nn2c(CSc3nnc(C)s3)nnc2s1. The number of aromatic nitrogens is 6. The van der Waals surface area contributed by atoms with Gasteiger partial charge in [-0.25, -0.2) is 0 Å². The quantitative estimate of drug-likeness (QED) is 0.464. The van der Waals surface area contributed by atoms with E-state index in [1.807, 2.05) is 38.1 Å². The number of rotatable bonds is 6. The van der Waals surface area contributed by atoms with E-state index >= 15 is 0 Å². The number of hydrogen-bond acceptors (Lipinski definition) is 9. The summed E-state index contributed by atoms with van der Waals surface area (Å²) in [6.45, 7) is 4.53. The molecule has 0 saturated heterocycles. The van der Waals surface area contributed by atoms with E-state index in [2.05, 4.69) is 25.5 Å². The summed E-state index contributed by atoms with van der Waals surface area (Å²) in [4.78, 5) is 0.769. The van der Waals surface area contributed by atoms with E-state index in [1.165, 1.54) is 11.3 Å². The lowest BCUT2D eigenvalue weighted by atomic mass is 10.2. The van der Waals surface area contributed by atoms with Crippen molar-refractivity contribution in [1.82, 2.24) is 30.0 Å². The number of aryl methyl sites for hydroxylation is 1. The van der Waals surface area contributed by atoms with Gasteiger partial charge in [0.25, 0.3) is 0 Å². The molecule has 0 aliphatic heterocycles. The molecule has 0 radical (unpaired) electrons. The van der Waals surface area contributed by atoms with Gasteiger partial charge in [-0.3, -0.25) is 0 Å². The van der Waals surface area contributed by atoms with E-state index < -0.39 is 0 Å². The van der Waals surface area contributed by atoms with Crippen molar-refractivity contribution in [3.8, 4) is 16.3 Å². The summed E-state index contributed by atoms with van der Waals surface area (Å²) < 4.78 is 8.42. The van der Waals surface area contributed by atoms with Gasteiger partial charge in [0, 0.05) is 0 Å². The highest BCUT2D eigenvalue weighted by Crippen LogP contribution is 2.33. The summed E-state index contributed by atoms with van der Waals surface area (Å²) in [6, 6.07) is 7.90. The van der Waals surface area contributed by atoms with E-state index in [1.54, 1.807) is 27.6 Å². The topological polar surface area (TPSA) is 78.1 Å². The predicted molar refractivity (Wildman–Crippen MR) is 99.5 cm³/mol. The number of benzene rings is 1. The van der Waals surface area contributed by atoms with Crippen LogP contribution in [0.3, 0.4) is 0 Å². The van der Waals surface area contributed by atoms with E-state index in [-0.39, 0.29) is 0 Å². The first-order valence-corrected chi connectivity index (χ1v) is 10.2. The number of para-hydroxylation sites is 1. The van der Waals surface area contributed by atoms with Crippen molar-refractivity contribution in [2.24, 2.45) is 0 Å². The third-order valence-corrected chi connectivity index (χ3v) is 6.21. The van der Waals surface area contributed by atoms with Crippen LogP contribution < -0.4 is 4.74 Å². The second-order valence-electron chi connectivity index (χ2n) is 5.02. The van der Waals surface area contributed by atoms with Gasteiger partial charge >= 0.3 is 0 Å². The van der Waals surface area contributed by atoms with Gasteiger partial charge in [-0.2, -0.15) is 9.61 Å². The molecule has 7 nitrogen and oxygen atoms in total. The van der Waals surface area contributed by atoms with Crippen LogP contribution in [-0.4, -0.2) is 36.6 Å². The van der Waals surface area contributed by atoms with Crippen molar-refractivity contribution < 1.29 is 4.74 Å². The van der Waals surface area contributed by atoms with E-state index in [9.17, 15) is 0 Å². The summed E-state index contributed by atoms with van der Waals surface area (Å²) in [5.74, 6) is 2.27. The number of nitrogens with zero attached hydrogens (tertiary/aromatic N) is 6. The normalized spacial score (nSPS) is 11.3.